The number of hydrogen-bond acceptors (Lipinski definition) is 2. The molecule has 1 heterocycles. The minimum Gasteiger partial charge on any atom is -0.481 e. The van der Waals surface area contributed by atoms with Gasteiger partial charge in [-0.2, -0.15) is 13.2 Å². The minimum atomic E-state index is -4.60. The first-order valence-corrected chi connectivity index (χ1v) is 5.53. The molecule has 100 valence electrons. The number of rotatable bonds is 2. The predicted molar refractivity (Wildman–Crippen MR) is 63.1 cm³/mol. The number of fused-ring (bicyclic) bond motifs is 1. The lowest BCUT2D eigenvalue weighted by atomic mass is 10.1. The zero-order valence-corrected chi connectivity index (χ0v) is 10.1. The second-order valence-electron chi connectivity index (χ2n) is 3.90. The van der Waals surface area contributed by atoms with Crippen LogP contribution in [0.25, 0.3) is 10.9 Å². The molecule has 7 heteroatoms. The molecule has 2 rings (SSSR count). The van der Waals surface area contributed by atoms with Crippen molar-refractivity contribution in [1.29, 1.82) is 0 Å². The summed E-state index contributed by atoms with van der Waals surface area (Å²) in [6.45, 7) is 0. The summed E-state index contributed by atoms with van der Waals surface area (Å²) in [5, 5.41) is 8.80. The average Bonchev–Trinajstić information content (AvgIpc) is 2.26. The normalized spacial score (nSPS) is 11.8. The van der Waals surface area contributed by atoms with Gasteiger partial charge in [0.05, 0.1) is 23.2 Å². The van der Waals surface area contributed by atoms with Crippen LogP contribution in [0.5, 0.6) is 0 Å². The number of aliphatic carboxylic acids is 1. The average molecular weight is 290 g/mol. The van der Waals surface area contributed by atoms with E-state index in [9.17, 15) is 18.0 Å². The van der Waals surface area contributed by atoms with Crippen LogP contribution in [0.1, 0.15) is 11.3 Å². The third-order valence-electron chi connectivity index (χ3n) is 2.45. The Labute approximate surface area is 110 Å². The predicted octanol–water partition coefficient (Wildman–Crippen LogP) is 3.53. The van der Waals surface area contributed by atoms with Gasteiger partial charge in [-0.05, 0) is 18.2 Å². The molecule has 3 nitrogen and oxygen atoms in total. The topological polar surface area (TPSA) is 50.2 Å². The highest BCUT2D eigenvalue weighted by molar-refractivity contribution is 6.31. The summed E-state index contributed by atoms with van der Waals surface area (Å²) >= 11 is 5.63. The Morgan fingerprint density at radius 1 is 1.32 bits per heavy atom. The Balaban J connectivity index is 2.68. The number of nitrogens with zero attached hydrogens (tertiary/aromatic N) is 1. The third kappa shape index (κ3) is 2.96. The molecule has 2 aromatic rings. The van der Waals surface area contributed by atoms with Crippen molar-refractivity contribution in [2.75, 3.05) is 0 Å². The number of pyridine rings is 1. The van der Waals surface area contributed by atoms with Gasteiger partial charge in [-0.3, -0.25) is 9.78 Å². The van der Waals surface area contributed by atoms with E-state index in [0.29, 0.717) is 0 Å². The summed E-state index contributed by atoms with van der Waals surface area (Å²) in [6, 6.07) is 4.87. The highest BCUT2D eigenvalue weighted by Crippen LogP contribution is 2.36. The van der Waals surface area contributed by atoms with Gasteiger partial charge in [0.25, 0.3) is 0 Å². The largest absolute Gasteiger partial charge is 0.481 e. The van der Waals surface area contributed by atoms with E-state index < -0.39 is 24.1 Å². The van der Waals surface area contributed by atoms with E-state index in [0.717, 1.165) is 6.07 Å². The van der Waals surface area contributed by atoms with Crippen LogP contribution in [0.3, 0.4) is 0 Å². The van der Waals surface area contributed by atoms with Crippen LogP contribution in [0, 0.1) is 0 Å². The zero-order chi connectivity index (χ0) is 14.2. The molecule has 0 saturated carbocycles. The lowest BCUT2D eigenvalue weighted by molar-refractivity contribution is -0.137. The van der Waals surface area contributed by atoms with Crippen LogP contribution in [-0.4, -0.2) is 16.1 Å². The van der Waals surface area contributed by atoms with Gasteiger partial charge < -0.3 is 5.11 Å². The maximum absolute atomic E-state index is 12.9. The molecule has 0 unspecified atom stereocenters. The minimum absolute atomic E-state index is 0.0485. The molecule has 0 bridgehead atoms. The van der Waals surface area contributed by atoms with E-state index in [1.165, 1.54) is 18.2 Å². The van der Waals surface area contributed by atoms with Crippen LogP contribution in [0.15, 0.2) is 24.3 Å². The van der Waals surface area contributed by atoms with Crippen LogP contribution in [0.2, 0.25) is 5.02 Å². The molecule has 0 aliphatic carbocycles. The van der Waals surface area contributed by atoms with Gasteiger partial charge in [0.1, 0.15) is 0 Å². The Kier molecular flexibility index (Phi) is 3.36. The summed E-state index contributed by atoms with van der Waals surface area (Å²) < 4.78 is 38.6. The van der Waals surface area contributed by atoms with Gasteiger partial charge in [-0.1, -0.05) is 17.7 Å². The number of halogens is 4. The molecule has 1 aromatic carbocycles. The zero-order valence-electron chi connectivity index (χ0n) is 9.33. The maximum atomic E-state index is 12.9. The summed E-state index contributed by atoms with van der Waals surface area (Å²) in [5.74, 6) is -1.16. The van der Waals surface area contributed by atoms with E-state index in [4.69, 9.17) is 16.7 Å². The van der Waals surface area contributed by atoms with E-state index in [1.54, 1.807) is 0 Å². The molecule has 19 heavy (non-hydrogen) atoms. The van der Waals surface area contributed by atoms with Gasteiger partial charge in [0.2, 0.25) is 0 Å². The van der Waals surface area contributed by atoms with Crippen molar-refractivity contribution < 1.29 is 23.1 Å². The number of carboxylic acid groups (broad SMARTS) is 1. The van der Waals surface area contributed by atoms with Crippen LogP contribution in [0.4, 0.5) is 13.2 Å². The van der Waals surface area contributed by atoms with Crippen molar-refractivity contribution in [2.24, 2.45) is 0 Å². The first-order chi connectivity index (χ1) is 8.77. The van der Waals surface area contributed by atoms with Crippen molar-refractivity contribution in [2.45, 2.75) is 12.6 Å². The molecule has 0 atom stereocenters. The van der Waals surface area contributed by atoms with Crippen LogP contribution in [-0.2, 0) is 17.4 Å². The van der Waals surface area contributed by atoms with E-state index >= 15 is 0 Å². The first kappa shape index (κ1) is 13.6. The number of hydrogen-bond donors (Lipinski definition) is 1. The van der Waals surface area contributed by atoms with Crippen LogP contribution < -0.4 is 0 Å². The van der Waals surface area contributed by atoms with Crippen LogP contribution >= 0.6 is 11.6 Å². The lowest BCUT2D eigenvalue weighted by Gasteiger charge is -2.11. The molecule has 0 fully saturated rings. The monoisotopic (exact) mass is 289 g/mol. The molecule has 0 radical (unpaired) electrons. The second-order valence-corrected chi connectivity index (χ2v) is 4.33. The molecule has 1 aromatic heterocycles. The smallest absolute Gasteiger partial charge is 0.418 e. The SMILES string of the molecule is O=C(O)Cc1ccc2cc(Cl)cc(C(F)(F)F)c2n1. The molecule has 0 spiro atoms. The van der Waals surface area contributed by atoms with Gasteiger partial charge in [0, 0.05) is 10.4 Å². The summed E-state index contributed by atoms with van der Waals surface area (Å²) in [4.78, 5) is 14.3. The van der Waals surface area contributed by atoms with E-state index in [1.807, 2.05) is 0 Å². The third-order valence-corrected chi connectivity index (χ3v) is 2.67. The van der Waals surface area contributed by atoms with Crippen molar-refractivity contribution in [1.82, 2.24) is 4.98 Å². The molecular formula is C12H7ClF3NO2. The summed E-state index contributed by atoms with van der Waals surface area (Å²) in [5.41, 5.74) is -1.20. The standard InChI is InChI=1S/C12H7ClF3NO2/c13-7-3-6-1-2-8(5-10(18)19)17-11(6)9(4-7)12(14,15)16/h1-4H,5H2,(H,18,19). The van der Waals surface area contributed by atoms with Gasteiger partial charge in [0.15, 0.2) is 0 Å². The fourth-order valence-electron chi connectivity index (χ4n) is 1.71. The van der Waals surface area contributed by atoms with Gasteiger partial charge in [-0.15, -0.1) is 0 Å². The van der Waals surface area contributed by atoms with Gasteiger partial charge in [-0.25, -0.2) is 0 Å². The van der Waals surface area contributed by atoms with Crippen molar-refractivity contribution >= 4 is 28.5 Å². The molecule has 0 aliphatic heterocycles. The highest BCUT2D eigenvalue weighted by Gasteiger charge is 2.33. The van der Waals surface area contributed by atoms with E-state index in [2.05, 4.69) is 4.98 Å². The fourth-order valence-corrected chi connectivity index (χ4v) is 1.94. The Hall–Kier alpha value is -1.82. The number of carbonyl (C=O) groups is 1. The number of benzene rings is 1. The second kappa shape index (κ2) is 4.70. The molecule has 0 saturated heterocycles. The lowest BCUT2D eigenvalue weighted by Crippen LogP contribution is -2.08. The number of carboxylic acids is 1. The molecular weight excluding hydrogens is 283 g/mol. The highest BCUT2D eigenvalue weighted by atomic mass is 35.5. The van der Waals surface area contributed by atoms with E-state index in [-0.39, 0.29) is 21.6 Å². The summed E-state index contributed by atoms with van der Waals surface area (Å²) in [6.07, 6.45) is -5.03. The molecule has 1 N–H and O–H groups in total. The number of aromatic nitrogens is 1. The fraction of sp³-hybridized carbons (Fsp3) is 0.167. The van der Waals surface area contributed by atoms with Gasteiger partial charge >= 0.3 is 12.1 Å². The molecule has 0 amide bonds. The Morgan fingerprint density at radius 3 is 2.58 bits per heavy atom. The quantitative estimate of drug-likeness (QED) is 0.920. The summed E-state index contributed by atoms with van der Waals surface area (Å²) in [7, 11) is 0. The van der Waals surface area contributed by atoms with Crippen molar-refractivity contribution in [3.8, 4) is 0 Å². The van der Waals surface area contributed by atoms with Crippen molar-refractivity contribution in [3.63, 3.8) is 0 Å². The Morgan fingerprint density at radius 2 is 2.00 bits per heavy atom. The van der Waals surface area contributed by atoms with Crippen molar-refractivity contribution in [3.05, 3.63) is 40.5 Å². The Bertz CT molecular complexity index is 655. The first-order valence-electron chi connectivity index (χ1n) is 5.15. The molecule has 0 aliphatic rings. The number of alkyl halides is 3. The maximum Gasteiger partial charge on any atom is 0.418 e.